The Bertz CT molecular complexity index is 327. The van der Waals surface area contributed by atoms with E-state index in [1.165, 1.54) is 0 Å². The van der Waals surface area contributed by atoms with Gasteiger partial charge < -0.3 is 33.6 Å². The summed E-state index contributed by atoms with van der Waals surface area (Å²) in [5.41, 5.74) is 1.50. The Morgan fingerprint density at radius 1 is 1.20 bits per heavy atom. The minimum atomic E-state index is -0.873. The second-order valence-electron chi connectivity index (χ2n) is 4.45. The van der Waals surface area contributed by atoms with Gasteiger partial charge in [-0.05, 0) is 12.1 Å². The summed E-state index contributed by atoms with van der Waals surface area (Å²) >= 11 is 0. The average Bonchev–Trinajstić information content (AvgIpc) is 2.02. The summed E-state index contributed by atoms with van der Waals surface area (Å²) in [6.45, 7) is 0.903. The Morgan fingerprint density at radius 2 is 1.67 bits per heavy atom. The molecule has 4 heteroatoms. The van der Waals surface area contributed by atoms with E-state index in [2.05, 4.69) is 21.1 Å². The number of halogens is 1. The standard InChI is InChI=1S/C11H15NO2.HI/c1-12(2,3)8-9-4-6-10(7-5-9)11(13)14;/h4-7H,8H2,1-3H3;1H. The second kappa shape index (κ2) is 5.46. The van der Waals surface area contributed by atoms with Crippen molar-refractivity contribution in [2.45, 2.75) is 6.54 Å². The van der Waals surface area contributed by atoms with Gasteiger partial charge in [-0.25, -0.2) is 4.79 Å². The topological polar surface area (TPSA) is 37.3 Å². The number of aromatic carboxylic acids is 1. The fourth-order valence-electron chi connectivity index (χ4n) is 1.30. The Morgan fingerprint density at radius 3 is 2.00 bits per heavy atom. The minimum Gasteiger partial charge on any atom is -1.00 e. The Labute approximate surface area is 107 Å². The zero-order chi connectivity index (χ0) is 10.8. The van der Waals surface area contributed by atoms with Crippen molar-refractivity contribution >= 4 is 5.97 Å². The SMILES string of the molecule is C[N+](C)(C)Cc1ccc(C(=O)O)cc1.[I-]. The van der Waals surface area contributed by atoms with Crippen LogP contribution in [0.2, 0.25) is 0 Å². The number of carbonyl (C=O) groups is 1. The van der Waals surface area contributed by atoms with Crippen LogP contribution in [0.25, 0.3) is 0 Å². The van der Waals surface area contributed by atoms with Crippen molar-refractivity contribution in [1.82, 2.24) is 0 Å². The smallest absolute Gasteiger partial charge is 0.335 e. The van der Waals surface area contributed by atoms with Gasteiger partial charge in [0.1, 0.15) is 6.54 Å². The third kappa shape index (κ3) is 5.13. The number of nitrogens with zero attached hydrogens (tertiary/aromatic N) is 1. The molecule has 0 heterocycles. The molecule has 84 valence electrons. The highest BCUT2D eigenvalue weighted by Gasteiger charge is 2.09. The first-order valence-electron chi connectivity index (χ1n) is 4.51. The van der Waals surface area contributed by atoms with Gasteiger partial charge in [-0.3, -0.25) is 0 Å². The maximum Gasteiger partial charge on any atom is 0.335 e. The van der Waals surface area contributed by atoms with Crippen LogP contribution in [0.5, 0.6) is 0 Å². The summed E-state index contributed by atoms with van der Waals surface area (Å²) in [6.07, 6.45) is 0. The van der Waals surface area contributed by atoms with E-state index in [1.54, 1.807) is 12.1 Å². The van der Waals surface area contributed by atoms with Gasteiger partial charge >= 0.3 is 5.97 Å². The minimum absolute atomic E-state index is 0. The van der Waals surface area contributed by atoms with E-state index in [-0.39, 0.29) is 24.0 Å². The maximum atomic E-state index is 10.6. The molecule has 0 saturated heterocycles. The molecule has 1 N–H and O–H groups in total. The number of hydrogen-bond acceptors (Lipinski definition) is 1. The molecular weight excluding hydrogens is 305 g/mol. The first-order valence-corrected chi connectivity index (χ1v) is 4.51. The third-order valence-electron chi connectivity index (χ3n) is 1.86. The third-order valence-corrected chi connectivity index (χ3v) is 1.86. The van der Waals surface area contributed by atoms with E-state index < -0.39 is 5.97 Å². The average molecular weight is 321 g/mol. The largest absolute Gasteiger partial charge is 1.00 e. The lowest BCUT2D eigenvalue weighted by Crippen LogP contribution is -3.00. The molecule has 0 bridgehead atoms. The first-order chi connectivity index (χ1) is 6.38. The predicted molar refractivity (Wildman–Crippen MR) is 55.1 cm³/mol. The molecule has 1 aromatic rings. The van der Waals surface area contributed by atoms with Gasteiger partial charge in [0.2, 0.25) is 0 Å². The Hall–Kier alpha value is -0.620. The maximum absolute atomic E-state index is 10.6. The zero-order valence-electron chi connectivity index (χ0n) is 9.20. The lowest BCUT2D eigenvalue weighted by molar-refractivity contribution is -0.884. The van der Waals surface area contributed by atoms with Gasteiger partial charge in [0.25, 0.3) is 0 Å². The van der Waals surface area contributed by atoms with E-state index in [0.717, 1.165) is 16.6 Å². The van der Waals surface area contributed by atoms with Crippen molar-refractivity contribution in [2.75, 3.05) is 21.1 Å². The van der Waals surface area contributed by atoms with Crippen molar-refractivity contribution in [3.63, 3.8) is 0 Å². The van der Waals surface area contributed by atoms with E-state index in [0.29, 0.717) is 5.56 Å². The summed E-state index contributed by atoms with van der Waals surface area (Å²) < 4.78 is 0.840. The van der Waals surface area contributed by atoms with Gasteiger partial charge in [-0.15, -0.1) is 0 Å². The van der Waals surface area contributed by atoms with Crippen LogP contribution in [0.4, 0.5) is 0 Å². The second-order valence-corrected chi connectivity index (χ2v) is 4.45. The quantitative estimate of drug-likeness (QED) is 0.549. The highest BCUT2D eigenvalue weighted by molar-refractivity contribution is 5.87. The van der Waals surface area contributed by atoms with Crippen LogP contribution in [-0.2, 0) is 6.54 Å². The van der Waals surface area contributed by atoms with Crippen LogP contribution in [0, 0.1) is 0 Å². The molecule has 0 amide bonds. The monoisotopic (exact) mass is 321 g/mol. The summed E-state index contributed by atoms with van der Waals surface area (Å²) in [4.78, 5) is 10.6. The number of rotatable bonds is 3. The van der Waals surface area contributed by atoms with Crippen LogP contribution in [-0.4, -0.2) is 36.7 Å². The lowest BCUT2D eigenvalue weighted by Gasteiger charge is -2.23. The number of quaternary nitrogens is 1. The van der Waals surface area contributed by atoms with Crippen molar-refractivity contribution < 1.29 is 38.4 Å². The molecule has 1 rings (SSSR count). The molecule has 0 aliphatic heterocycles. The van der Waals surface area contributed by atoms with Gasteiger partial charge in [0.15, 0.2) is 0 Å². The fourth-order valence-corrected chi connectivity index (χ4v) is 1.30. The van der Waals surface area contributed by atoms with E-state index >= 15 is 0 Å². The molecule has 0 radical (unpaired) electrons. The van der Waals surface area contributed by atoms with Crippen molar-refractivity contribution in [3.05, 3.63) is 35.4 Å². The number of carboxylic acids is 1. The molecule has 3 nitrogen and oxygen atoms in total. The number of benzene rings is 1. The Kier molecular flexibility index (Phi) is 5.23. The van der Waals surface area contributed by atoms with E-state index in [1.807, 2.05) is 12.1 Å². The molecule has 0 aliphatic carbocycles. The highest BCUT2D eigenvalue weighted by Crippen LogP contribution is 2.08. The van der Waals surface area contributed by atoms with E-state index in [9.17, 15) is 4.79 Å². The molecular formula is C11H16INO2. The lowest BCUT2D eigenvalue weighted by atomic mass is 10.1. The van der Waals surface area contributed by atoms with Gasteiger partial charge in [0.05, 0.1) is 26.7 Å². The molecule has 0 atom stereocenters. The van der Waals surface area contributed by atoms with Crippen LogP contribution in [0.15, 0.2) is 24.3 Å². The fraction of sp³-hybridized carbons (Fsp3) is 0.364. The van der Waals surface area contributed by atoms with Gasteiger partial charge in [-0.2, -0.15) is 0 Å². The van der Waals surface area contributed by atoms with Crippen molar-refractivity contribution in [3.8, 4) is 0 Å². The molecule has 0 saturated carbocycles. The van der Waals surface area contributed by atoms with Gasteiger partial charge in [0, 0.05) is 5.56 Å². The van der Waals surface area contributed by atoms with E-state index in [4.69, 9.17) is 5.11 Å². The van der Waals surface area contributed by atoms with Crippen LogP contribution >= 0.6 is 0 Å². The summed E-state index contributed by atoms with van der Waals surface area (Å²) in [5.74, 6) is -0.873. The molecule has 0 fully saturated rings. The molecule has 0 aromatic heterocycles. The normalized spacial score (nSPS) is 10.6. The molecule has 1 aromatic carbocycles. The zero-order valence-corrected chi connectivity index (χ0v) is 11.4. The van der Waals surface area contributed by atoms with Gasteiger partial charge in [-0.1, -0.05) is 12.1 Å². The molecule has 0 spiro atoms. The van der Waals surface area contributed by atoms with Crippen molar-refractivity contribution in [1.29, 1.82) is 0 Å². The molecule has 15 heavy (non-hydrogen) atoms. The number of carboxylic acid groups (broad SMARTS) is 1. The molecule has 0 aliphatic rings. The summed E-state index contributed by atoms with van der Waals surface area (Å²) in [6, 6.07) is 7.03. The summed E-state index contributed by atoms with van der Waals surface area (Å²) in [5, 5.41) is 8.70. The summed E-state index contributed by atoms with van der Waals surface area (Å²) in [7, 11) is 6.31. The number of hydrogen-bond donors (Lipinski definition) is 1. The molecule has 0 unspecified atom stereocenters. The van der Waals surface area contributed by atoms with Crippen LogP contribution in [0.1, 0.15) is 15.9 Å². The Balaban J connectivity index is 0.00000196. The highest BCUT2D eigenvalue weighted by atomic mass is 127. The van der Waals surface area contributed by atoms with Crippen molar-refractivity contribution in [2.24, 2.45) is 0 Å². The predicted octanol–water partition coefficient (Wildman–Crippen LogP) is -1.40. The van der Waals surface area contributed by atoms with Crippen LogP contribution < -0.4 is 24.0 Å². The van der Waals surface area contributed by atoms with Crippen LogP contribution in [0.3, 0.4) is 0 Å². The first kappa shape index (κ1) is 14.4.